The van der Waals surface area contributed by atoms with E-state index in [4.69, 9.17) is 9.29 Å². The standard InChI is InChI=1S/C10H20O7S/c1-3-5-15-6-9(11)7-16-17-8-10(4-2)18(12,13)14/h3,9-11H,1,4-8H2,2H3,(H,12,13,14). The Morgan fingerprint density at radius 3 is 2.39 bits per heavy atom. The van der Waals surface area contributed by atoms with Gasteiger partial charge in [0.05, 0.1) is 13.2 Å². The molecule has 2 unspecified atom stereocenters. The summed E-state index contributed by atoms with van der Waals surface area (Å²) in [5.41, 5.74) is 0. The molecule has 0 saturated heterocycles. The predicted molar refractivity (Wildman–Crippen MR) is 64.6 cm³/mol. The van der Waals surface area contributed by atoms with Gasteiger partial charge in [0.2, 0.25) is 0 Å². The van der Waals surface area contributed by atoms with Crippen LogP contribution in [0.2, 0.25) is 0 Å². The molecule has 0 rings (SSSR count). The molecule has 0 aliphatic heterocycles. The number of aliphatic hydroxyl groups is 1. The van der Waals surface area contributed by atoms with E-state index in [1.54, 1.807) is 13.0 Å². The molecule has 18 heavy (non-hydrogen) atoms. The minimum Gasteiger partial charge on any atom is -0.388 e. The monoisotopic (exact) mass is 284 g/mol. The van der Waals surface area contributed by atoms with E-state index in [9.17, 15) is 13.5 Å². The molecule has 0 saturated carbocycles. The summed E-state index contributed by atoms with van der Waals surface area (Å²) >= 11 is 0. The molecule has 7 nitrogen and oxygen atoms in total. The van der Waals surface area contributed by atoms with Gasteiger partial charge in [-0.3, -0.25) is 4.55 Å². The smallest absolute Gasteiger partial charge is 0.270 e. The molecule has 0 radical (unpaired) electrons. The molecular weight excluding hydrogens is 264 g/mol. The van der Waals surface area contributed by atoms with Crippen molar-refractivity contribution in [1.82, 2.24) is 0 Å². The molecule has 108 valence electrons. The molecule has 8 heteroatoms. The van der Waals surface area contributed by atoms with Crippen LogP contribution in [0.3, 0.4) is 0 Å². The molecule has 0 heterocycles. The van der Waals surface area contributed by atoms with Crippen molar-refractivity contribution in [2.45, 2.75) is 24.7 Å². The van der Waals surface area contributed by atoms with Crippen LogP contribution in [0.25, 0.3) is 0 Å². The normalized spacial score (nSPS) is 15.3. The molecule has 0 spiro atoms. The molecule has 0 aromatic heterocycles. The molecule has 0 aromatic carbocycles. The zero-order chi connectivity index (χ0) is 14.0. The molecule has 0 amide bonds. The maximum absolute atomic E-state index is 10.8. The lowest BCUT2D eigenvalue weighted by Crippen LogP contribution is -2.27. The number of ether oxygens (including phenoxy) is 1. The highest BCUT2D eigenvalue weighted by Gasteiger charge is 2.21. The Balaban J connectivity index is 3.69. The van der Waals surface area contributed by atoms with Crippen molar-refractivity contribution in [2.24, 2.45) is 0 Å². The Labute approximate surface area is 107 Å². The molecule has 0 bridgehead atoms. The average Bonchev–Trinajstić information content (AvgIpc) is 2.27. The molecule has 0 aliphatic rings. The fourth-order valence-corrected chi connectivity index (χ4v) is 1.65. The highest BCUT2D eigenvalue weighted by Crippen LogP contribution is 2.04. The second kappa shape index (κ2) is 9.42. The van der Waals surface area contributed by atoms with E-state index in [1.165, 1.54) is 0 Å². The van der Waals surface area contributed by atoms with Gasteiger partial charge in [-0.05, 0) is 6.42 Å². The molecule has 2 N–H and O–H groups in total. The van der Waals surface area contributed by atoms with E-state index >= 15 is 0 Å². The van der Waals surface area contributed by atoms with Gasteiger partial charge in [-0.15, -0.1) is 6.58 Å². The third-order valence-corrected chi connectivity index (χ3v) is 3.33. The highest BCUT2D eigenvalue weighted by atomic mass is 32.2. The van der Waals surface area contributed by atoms with Crippen LogP contribution in [-0.2, 0) is 24.6 Å². The van der Waals surface area contributed by atoms with Crippen LogP contribution in [-0.4, -0.2) is 55.9 Å². The molecule has 0 fully saturated rings. The van der Waals surface area contributed by atoms with Crippen LogP contribution in [0.15, 0.2) is 12.7 Å². The largest absolute Gasteiger partial charge is 0.388 e. The summed E-state index contributed by atoms with van der Waals surface area (Å²) in [4.78, 5) is 9.24. The fourth-order valence-electron chi connectivity index (χ4n) is 1.00. The summed E-state index contributed by atoms with van der Waals surface area (Å²) in [6.07, 6.45) is 0.866. The zero-order valence-electron chi connectivity index (χ0n) is 10.3. The van der Waals surface area contributed by atoms with Crippen molar-refractivity contribution in [3.63, 3.8) is 0 Å². The SMILES string of the molecule is C=CCOCC(O)COOCC(CC)S(=O)(=O)O. The first kappa shape index (κ1) is 17.5. The summed E-state index contributed by atoms with van der Waals surface area (Å²) < 4.78 is 35.4. The Kier molecular flexibility index (Phi) is 9.16. The Morgan fingerprint density at radius 1 is 1.28 bits per heavy atom. The number of aliphatic hydroxyl groups excluding tert-OH is 1. The summed E-state index contributed by atoms with van der Waals surface area (Å²) in [5.74, 6) is 0. The second-order valence-electron chi connectivity index (χ2n) is 3.59. The van der Waals surface area contributed by atoms with Crippen molar-refractivity contribution in [3.8, 4) is 0 Å². The van der Waals surface area contributed by atoms with Gasteiger partial charge in [0, 0.05) is 0 Å². The molecule has 2 atom stereocenters. The van der Waals surface area contributed by atoms with E-state index in [0.717, 1.165) is 0 Å². The first-order valence-electron chi connectivity index (χ1n) is 5.49. The van der Waals surface area contributed by atoms with Gasteiger partial charge in [0.15, 0.2) is 0 Å². The van der Waals surface area contributed by atoms with Gasteiger partial charge in [0.25, 0.3) is 10.1 Å². The van der Waals surface area contributed by atoms with E-state index in [2.05, 4.69) is 16.4 Å². The van der Waals surface area contributed by atoms with Crippen LogP contribution >= 0.6 is 0 Å². The lowest BCUT2D eigenvalue weighted by atomic mass is 10.3. The third-order valence-electron chi connectivity index (χ3n) is 2.02. The topological polar surface area (TPSA) is 102 Å². The van der Waals surface area contributed by atoms with E-state index in [0.29, 0.717) is 6.61 Å². The van der Waals surface area contributed by atoms with Crippen molar-refractivity contribution < 1.29 is 32.6 Å². The lowest BCUT2D eigenvalue weighted by Gasteiger charge is -2.13. The summed E-state index contributed by atoms with van der Waals surface area (Å²) in [6.45, 7) is 4.97. The third kappa shape index (κ3) is 8.56. The van der Waals surface area contributed by atoms with Crippen molar-refractivity contribution >= 4 is 10.1 Å². The number of rotatable bonds is 11. The number of hydrogen-bond donors (Lipinski definition) is 2. The first-order chi connectivity index (χ1) is 8.41. The average molecular weight is 284 g/mol. The predicted octanol–water partition coefficient (Wildman–Crippen LogP) is 0.164. The van der Waals surface area contributed by atoms with Crippen LogP contribution in [0.4, 0.5) is 0 Å². The molecule has 0 aliphatic carbocycles. The van der Waals surface area contributed by atoms with Crippen molar-refractivity contribution in [3.05, 3.63) is 12.7 Å². The summed E-state index contributed by atoms with van der Waals surface area (Å²) in [7, 11) is -4.14. The zero-order valence-corrected chi connectivity index (χ0v) is 11.1. The van der Waals surface area contributed by atoms with Gasteiger partial charge in [-0.25, -0.2) is 9.78 Å². The van der Waals surface area contributed by atoms with Crippen LogP contribution in [0, 0.1) is 0 Å². The van der Waals surface area contributed by atoms with Gasteiger partial charge in [-0.1, -0.05) is 13.0 Å². The van der Waals surface area contributed by atoms with E-state index in [1.807, 2.05) is 0 Å². The van der Waals surface area contributed by atoms with E-state index in [-0.39, 0.29) is 26.2 Å². The Hall–Kier alpha value is -0.510. The minimum absolute atomic E-state index is 0.0604. The highest BCUT2D eigenvalue weighted by molar-refractivity contribution is 7.86. The van der Waals surface area contributed by atoms with Gasteiger partial charge in [0.1, 0.15) is 24.6 Å². The van der Waals surface area contributed by atoms with Gasteiger partial charge in [-0.2, -0.15) is 8.42 Å². The summed E-state index contributed by atoms with van der Waals surface area (Å²) in [5, 5.41) is 8.29. The van der Waals surface area contributed by atoms with E-state index < -0.39 is 21.5 Å². The van der Waals surface area contributed by atoms with Gasteiger partial charge < -0.3 is 9.84 Å². The van der Waals surface area contributed by atoms with Crippen LogP contribution in [0.5, 0.6) is 0 Å². The first-order valence-corrected chi connectivity index (χ1v) is 6.99. The quantitative estimate of drug-likeness (QED) is 0.183. The van der Waals surface area contributed by atoms with Crippen molar-refractivity contribution in [1.29, 1.82) is 0 Å². The van der Waals surface area contributed by atoms with Crippen LogP contribution in [0.1, 0.15) is 13.3 Å². The van der Waals surface area contributed by atoms with Crippen molar-refractivity contribution in [2.75, 3.05) is 26.4 Å². The number of hydrogen-bond acceptors (Lipinski definition) is 6. The lowest BCUT2D eigenvalue weighted by molar-refractivity contribution is -0.306. The molecule has 0 aromatic rings. The Bertz CT molecular complexity index is 314. The second-order valence-corrected chi connectivity index (χ2v) is 5.29. The van der Waals surface area contributed by atoms with Crippen LogP contribution < -0.4 is 0 Å². The fraction of sp³-hybridized carbons (Fsp3) is 0.800. The maximum Gasteiger partial charge on any atom is 0.270 e. The maximum atomic E-state index is 10.8. The molecular formula is C10H20O7S. The minimum atomic E-state index is -4.14. The summed E-state index contributed by atoms with van der Waals surface area (Å²) in [6, 6.07) is 0. The Morgan fingerprint density at radius 2 is 1.89 bits per heavy atom. The van der Waals surface area contributed by atoms with Gasteiger partial charge >= 0.3 is 0 Å².